The van der Waals surface area contributed by atoms with Crippen LogP contribution < -0.4 is 4.90 Å². The van der Waals surface area contributed by atoms with Crippen molar-refractivity contribution >= 4 is 5.78 Å². The highest BCUT2D eigenvalue weighted by atomic mass is 16.3. The number of carbonyl (C=O) groups excluding carboxylic acids is 1. The molecule has 2 N–H and O–H groups in total. The summed E-state index contributed by atoms with van der Waals surface area (Å²) < 4.78 is 0. The zero-order valence-corrected chi connectivity index (χ0v) is 8.92. The van der Waals surface area contributed by atoms with E-state index in [1.54, 1.807) is 0 Å². The summed E-state index contributed by atoms with van der Waals surface area (Å²) in [5.41, 5.74) is -1.08. The zero-order chi connectivity index (χ0) is 10.2. The molecule has 2 unspecified atom stereocenters. The lowest BCUT2D eigenvalue weighted by molar-refractivity contribution is -0.895. The van der Waals surface area contributed by atoms with Gasteiger partial charge in [-0.15, -0.1) is 0 Å². The smallest absolute Gasteiger partial charge is 0.162 e. The zero-order valence-electron chi connectivity index (χ0n) is 8.92. The highest BCUT2D eigenvalue weighted by Crippen LogP contribution is 2.28. The van der Waals surface area contributed by atoms with Crippen LogP contribution in [0.4, 0.5) is 0 Å². The molecule has 1 heterocycles. The van der Waals surface area contributed by atoms with E-state index < -0.39 is 5.60 Å². The molecule has 0 amide bonds. The van der Waals surface area contributed by atoms with Crippen LogP contribution >= 0.6 is 0 Å². The van der Waals surface area contributed by atoms with Crippen molar-refractivity contribution < 1.29 is 14.8 Å². The number of ketones is 1. The maximum absolute atomic E-state index is 11.4. The van der Waals surface area contributed by atoms with Gasteiger partial charge in [0.1, 0.15) is 5.60 Å². The van der Waals surface area contributed by atoms with Crippen LogP contribution in [-0.4, -0.2) is 36.6 Å². The molecule has 0 aliphatic carbocycles. The van der Waals surface area contributed by atoms with Gasteiger partial charge in [0.25, 0.3) is 0 Å². The highest BCUT2D eigenvalue weighted by molar-refractivity contribution is 5.85. The molecule has 13 heavy (non-hydrogen) atoms. The van der Waals surface area contributed by atoms with E-state index >= 15 is 0 Å². The number of nitrogens with one attached hydrogen (secondary N) is 1. The minimum atomic E-state index is -1.08. The van der Waals surface area contributed by atoms with E-state index in [0.29, 0.717) is 0 Å². The minimum absolute atomic E-state index is 0.0637. The number of aliphatic hydroxyl groups is 1. The molecule has 0 aromatic heterocycles. The Kier molecular flexibility index (Phi) is 2.78. The van der Waals surface area contributed by atoms with E-state index in [0.717, 1.165) is 13.1 Å². The number of hydrogen-bond acceptors (Lipinski definition) is 2. The predicted molar refractivity (Wildman–Crippen MR) is 50.6 cm³/mol. The first-order chi connectivity index (χ1) is 5.89. The second kappa shape index (κ2) is 3.39. The van der Waals surface area contributed by atoms with Crippen molar-refractivity contribution in [1.29, 1.82) is 0 Å². The van der Waals surface area contributed by atoms with Crippen molar-refractivity contribution in [2.45, 2.75) is 26.4 Å². The predicted octanol–water partition coefficient (Wildman–Crippen LogP) is -0.893. The Labute approximate surface area is 79.7 Å². The van der Waals surface area contributed by atoms with Gasteiger partial charge >= 0.3 is 0 Å². The maximum atomic E-state index is 11.4. The van der Waals surface area contributed by atoms with Crippen LogP contribution in [0.15, 0.2) is 0 Å². The number of likely N-dealkylation sites (tertiary alicyclic amines) is 1. The van der Waals surface area contributed by atoms with E-state index in [9.17, 15) is 9.90 Å². The molecule has 0 radical (unpaired) electrons. The average molecular weight is 186 g/mol. The Morgan fingerprint density at radius 1 is 1.38 bits per heavy atom. The standard InChI is InChI=1S/C10H19NO2/c1-7-5-11(4)6-8(2)10(7,13)9(3)12/h7-8,13H,5-6H2,1-4H3/p+1/t7-,8+,10?. The number of carbonyl (C=O) groups is 1. The Bertz CT molecular complexity index is 203. The highest BCUT2D eigenvalue weighted by Gasteiger charge is 2.49. The summed E-state index contributed by atoms with van der Waals surface area (Å²) in [7, 11) is 2.10. The molecule has 0 aromatic rings. The van der Waals surface area contributed by atoms with Crippen molar-refractivity contribution in [1.82, 2.24) is 0 Å². The number of piperidine rings is 1. The van der Waals surface area contributed by atoms with Gasteiger partial charge in [-0.3, -0.25) is 4.79 Å². The van der Waals surface area contributed by atoms with E-state index in [1.807, 2.05) is 13.8 Å². The van der Waals surface area contributed by atoms with E-state index in [1.165, 1.54) is 11.8 Å². The Balaban J connectivity index is 2.89. The van der Waals surface area contributed by atoms with Gasteiger partial charge in [-0.1, -0.05) is 13.8 Å². The van der Waals surface area contributed by atoms with Gasteiger partial charge in [0, 0.05) is 11.8 Å². The number of quaternary nitrogens is 1. The molecule has 0 bridgehead atoms. The van der Waals surface area contributed by atoms with Crippen LogP contribution in [-0.2, 0) is 4.79 Å². The normalized spacial score (nSPS) is 46.1. The van der Waals surface area contributed by atoms with Crippen LogP contribution in [0.2, 0.25) is 0 Å². The van der Waals surface area contributed by atoms with Gasteiger partial charge in [0.2, 0.25) is 0 Å². The molecular weight excluding hydrogens is 166 g/mol. The first kappa shape index (κ1) is 10.7. The number of Topliss-reactive ketones (excluding diaryl/α,β-unsaturated/α-hetero) is 1. The quantitative estimate of drug-likeness (QED) is 0.558. The summed E-state index contributed by atoms with van der Waals surface area (Å²) in [6, 6.07) is 0. The summed E-state index contributed by atoms with van der Waals surface area (Å²) in [6.07, 6.45) is 0. The third-order valence-corrected chi connectivity index (χ3v) is 3.38. The van der Waals surface area contributed by atoms with Gasteiger partial charge < -0.3 is 10.0 Å². The second-order valence-corrected chi connectivity index (χ2v) is 4.55. The summed E-state index contributed by atoms with van der Waals surface area (Å²) in [4.78, 5) is 12.8. The maximum Gasteiger partial charge on any atom is 0.162 e. The van der Waals surface area contributed by atoms with Gasteiger partial charge in [0.15, 0.2) is 5.78 Å². The molecule has 1 aliphatic rings. The van der Waals surface area contributed by atoms with Gasteiger partial charge in [-0.2, -0.15) is 0 Å². The van der Waals surface area contributed by atoms with Crippen LogP contribution in [0.3, 0.4) is 0 Å². The Hall–Kier alpha value is -0.410. The molecule has 0 spiro atoms. The second-order valence-electron chi connectivity index (χ2n) is 4.55. The van der Waals surface area contributed by atoms with E-state index in [-0.39, 0.29) is 17.6 Å². The first-order valence-electron chi connectivity index (χ1n) is 4.93. The third-order valence-electron chi connectivity index (χ3n) is 3.38. The average Bonchev–Trinajstić information content (AvgIpc) is 1.99. The molecule has 1 aliphatic heterocycles. The molecule has 0 aromatic carbocycles. The lowest BCUT2D eigenvalue weighted by Crippen LogP contribution is -3.13. The Morgan fingerprint density at radius 3 is 2.08 bits per heavy atom. The van der Waals surface area contributed by atoms with Crippen molar-refractivity contribution in [3.05, 3.63) is 0 Å². The molecule has 0 saturated carbocycles. The van der Waals surface area contributed by atoms with Crippen LogP contribution in [0.1, 0.15) is 20.8 Å². The largest absolute Gasteiger partial charge is 0.381 e. The fourth-order valence-corrected chi connectivity index (χ4v) is 2.62. The van der Waals surface area contributed by atoms with Gasteiger partial charge in [0.05, 0.1) is 20.1 Å². The molecule has 3 nitrogen and oxygen atoms in total. The van der Waals surface area contributed by atoms with Gasteiger partial charge in [-0.05, 0) is 6.92 Å². The summed E-state index contributed by atoms with van der Waals surface area (Å²) in [5, 5.41) is 10.2. The fourth-order valence-electron chi connectivity index (χ4n) is 2.62. The summed E-state index contributed by atoms with van der Waals surface area (Å²) in [5.74, 6) is 0.0440. The lowest BCUT2D eigenvalue weighted by Gasteiger charge is -2.42. The monoisotopic (exact) mass is 186 g/mol. The van der Waals surface area contributed by atoms with E-state index in [4.69, 9.17) is 0 Å². The lowest BCUT2D eigenvalue weighted by atomic mass is 9.73. The van der Waals surface area contributed by atoms with Crippen molar-refractivity contribution in [2.75, 3.05) is 20.1 Å². The summed E-state index contributed by atoms with van der Waals surface area (Å²) in [6.45, 7) is 7.16. The van der Waals surface area contributed by atoms with Gasteiger partial charge in [-0.25, -0.2) is 0 Å². The summed E-state index contributed by atoms with van der Waals surface area (Å²) >= 11 is 0. The topological polar surface area (TPSA) is 41.7 Å². The van der Waals surface area contributed by atoms with Crippen LogP contribution in [0.5, 0.6) is 0 Å². The molecule has 1 saturated heterocycles. The van der Waals surface area contributed by atoms with Crippen molar-refractivity contribution in [3.8, 4) is 0 Å². The fraction of sp³-hybridized carbons (Fsp3) is 0.900. The number of hydrogen-bond donors (Lipinski definition) is 2. The van der Waals surface area contributed by atoms with Crippen LogP contribution in [0.25, 0.3) is 0 Å². The molecule has 4 atom stereocenters. The van der Waals surface area contributed by atoms with E-state index in [2.05, 4.69) is 7.05 Å². The van der Waals surface area contributed by atoms with Crippen LogP contribution in [0, 0.1) is 11.8 Å². The van der Waals surface area contributed by atoms with Crippen molar-refractivity contribution in [3.63, 3.8) is 0 Å². The Morgan fingerprint density at radius 2 is 1.77 bits per heavy atom. The number of rotatable bonds is 1. The minimum Gasteiger partial charge on any atom is -0.381 e. The van der Waals surface area contributed by atoms with Crippen molar-refractivity contribution in [2.24, 2.45) is 11.8 Å². The first-order valence-corrected chi connectivity index (χ1v) is 4.93. The SMILES string of the molecule is CC(=O)C1(O)[C@H](C)C[NH+](C)C[C@@H]1C. The third kappa shape index (κ3) is 1.63. The molecule has 1 fully saturated rings. The molecule has 3 heteroatoms. The molecular formula is C10H20NO2+. The molecule has 76 valence electrons. The molecule has 1 rings (SSSR count).